The lowest BCUT2D eigenvalue weighted by Crippen LogP contribution is -2.42. The van der Waals surface area contributed by atoms with Crippen LogP contribution in [0.25, 0.3) is 0 Å². The number of carbonyl (C=O) groups excluding carboxylic acids is 1. The highest BCUT2D eigenvalue weighted by Gasteiger charge is 2.38. The molecule has 3 aromatic rings. The number of amides is 1. The van der Waals surface area contributed by atoms with E-state index in [1.54, 1.807) is 7.11 Å². The molecule has 1 atom stereocenters. The summed E-state index contributed by atoms with van der Waals surface area (Å²) in [5.74, 6) is 0.808. The average Bonchev–Trinajstić information content (AvgIpc) is 3.49. The molecule has 7 heteroatoms. The summed E-state index contributed by atoms with van der Waals surface area (Å²) < 4.78 is 7.17. The van der Waals surface area contributed by atoms with Crippen LogP contribution in [-0.2, 0) is 16.6 Å². The molecule has 1 N–H and O–H groups in total. The maximum Gasteiger partial charge on any atom is 0.245 e. The van der Waals surface area contributed by atoms with Crippen LogP contribution in [0.4, 0.5) is 0 Å². The summed E-state index contributed by atoms with van der Waals surface area (Å²) in [7, 11) is 1.70. The van der Waals surface area contributed by atoms with E-state index in [2.05, 4.69) is 26.9 Å². The fourth-order valence-corrected chi connectivity index (χ4v) is 4.50. The van der Waals surface area contributed by atoms with Crippen molar-refractivity contribution < 1.29 is 9.53 Å². The predicted octanol–water partition coefficient (Wildman–Crippen LogP) is 3.09. The number of nitrogens with one attached hydrogen (secondary N) is 1. The molecule has 1 aromatic heterocycles. The first-order valence-corrected chi connectivity index (χ1v) is 10.4. The summed E-state index contributed by atoms with van der Waals surface area (Å²) in [5.41, 5.74) is 2.13. The Labute approximate surface area is 176 Å². The zero-order chi connectivity index (χ0) is 20.8. The molecule has 30 heavy (non-hydrogen) atoms. The van der Waals surface area contributed by atoms with Gasteiger partial charge in [0.05, 0.1) is 7.11 Å². The molecule has 1 heterocycles. The molecule has 1 amide bonds. The third kappa shape index (κ3) is 4.20. The van der Waals surface area contributed by atoms with Crippen molar-refractivity contribution in [2.24, 2.45) is 0 Å². The molecule has 0 aliphatic heterocycles. The zero-order valence-corrected chi connectivity index (χ0v) is 17.2. The first-order chi connectivity index (χ1) is 14.7. The Morgan fingerprint density at radius 3 is 2.57 bits per heavy atom. The van der Waals surface area contributed by atoms with Crippen molar-refractivity contribution in [3.63, 3.8) is 0 Å². The first kappa shape index (κ1) is 20.1. The van der Waals surface area contributed by atoms with E-state index in [9.17, 15) is 4.79 Å². The second-order valence-electron chi connectivity index (χ2n) is 7.90. The molecule has 0 spiro atoms. The van der Waals surface area contributed by atoms with Crippen LogP contribution in [0.15, 0.2) is 60.9 Å². The number of aromatic nitrogens is 4. The lowest BCUT2D eigenvalue weighted by molar-refractivity contribution is -0.125. The highest BCUT2D eigenvalue weighted by Crippen LogP contribution is 2.44. The van der Waals surface area contributed by atoms with E-state index in [0.717, 1.165) is 37.0 Å². The molecule has 0 bridgehead atoms. The van der Waals surface area contributed by atoms with Crippen molar-refractivity contribution in [1.82, 2.24) is 25.5 Å². The monoisotopic (exact) mass is 405 g/mol. The molecule has 2 aromatic carbocycles. The fourth-order valence-electron chi connectivity index (χ4n) is 4.50. The van der Waals surface area contributed by atoms with Crippen LogP contribution >= 0.6 is 0 Å². The molecule has 4 rings (SSSR count). The van der Waals surface area contributed by atoms with Crippen LogP contribution in [0.2, 0.25) is 0 Å². The normalized spacial score (nSPS) is 16.2. The minimum absolute atomic E-state index is 0.0765. The molecular formula is C23H27N5O2. The largest absolute Gasteiger partial charge is 0.496 e. The molecular weight excluding hydrogens is 378 g/mol. The summed E-state index contributed by atoms with van der Waals surface area (Å²) in [6.45, 7) is 0.569. The van der Waals surface area contributed by atoms with Gasteiger partial charge in [0.1, 0.15) is 18.1 Å². The Kier molecular flexibility index (Phi) is 6.07. The highest BCUT2D eigenvalue weighted by atomic mass is 16.5. The SMILES string of the molecule is COc1ccccc1C1(CNC(=O)C(Cc2ccccc2)n2cnnn2)CCCC1. The van der Waals surface area contributed by atoms with E-state index >= 15 is 0 Å². The van der Waals surface area contributed by atoms with Crippen LogP contribution in [0.1, 0.15) is 42.9 Å². The minimum Gasteiger partial charge on any atom is -0.496 e. The van der Waals surface area contributed by atoms with Crippen molar-refractivity contribution in [1.29, 1.82) is 0 Å². The fraction of sp³-hybridized carbons (Fsp3) is 0.391. The lowest BCUT2D eigenvalue weighted by atomic mass is 9.78. The van der Waals surface area contributed by atoms with E-state index in [4.69, 9.17) is 4.74 Å². The molecule has 1 unspecified atom stereocenters. The Balaban J connectivity index is 1.54. The predicted molar refractivity (Wildman–Crippen MR) is 113 cm³/mol. The number of hydrogen-bond acceptors (Lipinski definition) is 5. The van der Waals surface area contributed by atoms with Gasteiger partial charge in [-0.3, -0.25) is 4.79 Å². The van der Waals surface area contributed by atoms with E-state index in [1.165, 1.54) is 16.6 Å². The topological polar surface area (TPSA) is 81.9 Å². The summed E-state index contributed by atoms with van der Waals surface area (Å²) in [6, 6.07) is 17.6. The third-order valence-corrected chi connectivity index (χ3v) is 6.10. The van der Waals surface area contributed by atoms with Gasteiger partial charge < -0.3 is 10.1 Å². The number of benzene rings is 2. The van der Waals surface area contributed by atoms with E-state index in [1.807, 2.05) is 48.5 Å². The minimum atomic E-state index is -0.501. The van der Waals surface area contributed by atoms with Crippen LogP contribution in [-0.4, -0.2) is 39.8 Å². The maximum absolute atomic E-state index is 13.3. The molecule has 156 valence electrons. The summed E-state index contributed by atoms with van der Waals surface area (Å²) >= 11 is 0. The van der Waals surface area contributed by atoms with E-state index in [0.29, 0.717) is 13.0 Å². The number of carbonyl (C=O) groups is 1. The van der Waals surface area contributed by atoms with Gasteiger partial charge in [0.2, 0.25) is 5.91 Å². The smallest absolute Gasteiger partial charge is 0.245 e. The van der Waals surface area contributed by atoms with Crippen LogP contribution in [0.5, 0.6) is 5.75 Å². The number of rotatable bonds is 8. The van der Waals surface area contributed by atoms with Gasteiger partial charge in [0.25, 0.3) is 0 Å². The number of ether oxygens (including phenoxy) is 1. The third-order valence-electron chi connectivity index (χ3n) is 6.10. The first-order valence-electron chi connectivity index (χ1n) is 10.4. The van der Waals surface area contributed by atoms with Crippen molar-refractivity contribution in [3.05, 3.63) is 72.1 Å². The van der Waals surface area contributed by atoms with Crippen molar-refractivity contribution in [3.8, 4) is 5.75 Å². The number of hydrogen-bond donors (Lipinski definition) is 1. The molecule has 1 saturated carbocycles. The standard InChI is InChI=1S/C23H27N5O2/c1-30-21-12-6-5-11-19(21)23(13-7-8-14-23)16-24-22(29)20(28-17-25-26-27-28)15-18-9-3-2-4-10-18/h2-6,9-12,17,20H,7-8,13-16H2,1H3,(H,24,29). The Morgan fingerprint density at radius 1 is 1.13 bits per heavy atom. The summed E-state index contributed by atoms with van der Waals surface area (Å²) in [4.78, 5) is 13.3. The van der Waals surface area contributed by atoms with Gasteiger partial charge in [-0.1, -0.05) is 61.4 Å². The number of methoxy groups -OCH3 is 1. The van der Waals surface area contributed by atoms with Crippen molar-refractivity contribution in [2.75, 3.05) is 13.7 Å². The maximum atomic E-state index is 13.3. The average molecular weight is 406 g/mol. The van der Waals surface area contributed by atoms with E-state index < -0.39 is 6.04 Å². The second-order valence-corrected chi connectivity index (χ2v) is 7.90. The second kappa shape index (κ2) is 9.07. The quantitative estimate of drug-likeness (QED) is 0.623. The van der Waals surface area contributed by atoms with Gasteiger partial charge in [-0.15, -0.1) is 5.10 Å². The number of tetrazole rings is 1. The molecule has 7 nitrogen and oxygen atoms in total. The van der Waals surface area contributed by atoms with E-state index in [-0.39, 0.29) is 11.3 Å². The van der Waals surface area contributed by atoms with Gasteiger partial charge in [-0.05, 0) is 34.9 Å². The molecule has 0 radical (unpaired) electrons. The van der Waals surface area contributed by atoms with Gasteiger partial charge in [0, 0.05) is 23.9 Å². The number of nitrogens with zero attached hydrogens (tertiary/aromatic N) is 4. The van der Waals surface area contributed by atoms with Gasteiger partial charge in [0.15, 0.2) is 0 Å². The Hall–Kier alpha value is -3.22. The number of para-hydroxylation sites is 1. The Morgan fingerprint density at radius 2 is 1.87 bits per heavy atom. The lowest BCUT2D eigenvalue weighted by Gasteiger charge is -2.32. The van der Waals surface area contributed by atoms with Crippen molar-refractivity contribution in [2.45, 2.75) is 43.6 Å². The molecule has 1 fully saturated rings. The van der Waals surface area contributed by atoms with Gasteiger partial charge in [-0.25, -0.2) is 4.68 Å². The van der Waals surface area contributed by atoms with Crippen LogP contribution in [0, 0.1) is 0 Å². The Bertz CT molecular complexity index is 953. The van der Waals surface area contributed by atoms with Crippen LogP contribution in [0.3, 0.4) is 0 Å². The zero-order valence-electron chi connectivity index (χ0n) is 17.2. The van der Waals surface area contributed by atoms with Crippen LogP contribution < -0.4 is 10.1 Å². The van der Waals surface area contributed by atoms with Gasteiger partial charge in [-0.2, -0.15) is 0 Å². The highest BCUT2D eigenvalue weighted by molar-refractivity contribution is 5.80. The summed E-state index contributed by atoms with van der Waals surface area (Å²) in [6.07, 6.45) is 6.38. The molecule has 0 saturated heterocycles. The summed E-state index contributed by atoms with van der Waals surface area (Å²) in [5, 5.41) is 14.7. The molecule has 1 aliphatic carbocycles. The van der Waals surface area contributed by atoms with Gasteiger partial charge >= 0.3 is 0 Å². The van der Waals surface area contributed by atoms with Crippen molar-refractivity contribution >= 4 is 5.91 Å². The molecule has 1 aliphatic rings.